The van der Waals surface area contributed by atoms with E-state index in [1.165, 1.54) is 24.8 Å². The van der Waals surface area contributed by atoms with Crippen molar-refractivity contribution in [2.24, 2.45) is 0 Å². The molecular weight excluding hydrogens is 204 g/mol. The fourth-order valence-corrected chi connectivity index (χ4v) is 2.28. The van der Waals surface area contributed by atoms with Crippen molar-refractivity contribution in [1.82, 2.24) is 9.88 Å². The van der Waals surface area contributed by atoms with Gasteiger partial charge in [0.2, 0.25) is 0 Å². The van der Waals surface area contributed by atoms with Crippen LogP contribution in [0.3, 0.4) is 0 Å². The average Bonchev–Trinajstić information content (AvgIpc) is 2.31. The lowest BCUT2D eigenvalue weighted by Gasteiger charge is -2.29. The van der Waals surface area contributed by atoms with E-state index in [0.717, 1.165) is 24.5 Å². The quantitative estimate of drug-likeness (QED) is 0.712. The zero-order valence-electron chi connectivity index (χ0n) is 8.85. The molecule has 15 heavy (non-hydrogen) atoms. The third-order valence-electron chi connectivity index (χ3n) is 2.81. The second-order valence-corrected chi connectivity index (χ2v) is 4.44. The van der Waals surface area contributed by atoms with Gasteiger partial charge in [-0.05, 0) is 37.0 Å². The van der Waals surface area contributed by atoms with Crippen LogP contribution < -0.4 is 0 Å². The predicted octanol–water partition coefficient (Wildman–Crippen LogP) is 2.44. The Labute approximate surface area is 96.3 Å². The Kier molecular flexibility index (Phi) is 3.67. The molecule has 1 aromatic rings. The number of pyridine rings is 1. The molecule has 0 aromatic carbocycles. The SMILES string of the molecule is S=C(Cc1ccncc1)N1CCCCC1. The van der Waals surface area contributed by atoms with Crippen LogP contribution in [0.15, 0.2) is 24.5 Å². The number of aromatic nitrogens is 1. The number of hydrogen-bond donors (Lipinski definition) is 0. The van der Waals surface area contributed by atoms with E-state index in [1.54, 1.807) is 0 Å². The molecule has 1 saturated heterocycles. The van der Waals surface area contributed by atoms with Crippen LogP contribution in [0.1, 0.15) is 24.8 Å². The van der Waals surface area contributed by atoms with Gasteiger partial charge in [-0.1, -0.05) is 12.2 Å². The van der Waals surface area contributed by atoms with Crippen LogP contribution in [0.5, 0.6) is 0 Å². The molecule has 0 unspecified atom stereocenters. The summed E-state index contributed by atoms with van der Waals surface area (Å²) in [6.07, 6.45) is 8.47. The Balaban J connectivity index is 1.91. The van der Waals surface area contributed by atoms with Crippen LogP contribution in [-0.4, -0.2) is 28.0 Å². The minimum atomic E-state index is 0.887. The summed E-state index contributed by atoms with van der Waals surface area (Å²) in [7, 11) is 0. The van der Waals surface area contributed by atoms with Gasteiger partial charge in [0.25, 0.3) is 0 Å². The maximum atomic E-state index is 5.46. The third-order valence-corrected chi connectivity index (χ3v) is 3.22. The van der Waals surface area contributed by atoms with E-state index in [0.29, 0.717) is 0 Å². The highest BCUT2D eigenvalue weighted by atomic mass is 32.1. The molecule has 0 atom stereocenters. The van der Waals surface area contributed by atoms with Crippen LogP contribution in [-0.2, 0) is 6.42 Å². The minimum Gasteiger partial charge on any atom is -0.366 e. The smallest absolute Gasteiger partial charge is 0.0823 e. The monoisotopic (exact) mass is 220 g/mol. The second-order valence-electron chi connectivity index (χ2n) is 3.97. The van der Waals surface area contributed by atoms with Crippen LogP contribution in [0.25, 0.3) is 0 Å². The molecule has 0 bridgehead atoms. The topological polar surface area (TPSA) is 16.1 Å². The predicted molar refractivity (Wildman–Crippen MR) is 66.0 cm³/mol. The molecule has 1 fully saturated rings. The van der Waals surface area contributed by atoms with Crippen molar-refractivity contribution in [3.63, 3.8) is 0 Å². The van der Waals surface area contributed by atoms with E-state index in [-0.39, 0.29) is 0 Å². The summed E-state index contributed by atoms with van der Waals surface area (Å²) < 4.78 is 0. The van der Waals surface area contributed by atoms with E-state index >= 15 is 0 Å². The number of nitrogens with zero attached hydrogens (tertiary/aromatic N) is 2. The number of rotatable bonds is 2. The lowest BCUT2D eigenvalue weighted by atomic mass is 10.1. The molecule has 0 saturated carbocycles. The first-order chi connectivity index (χ1) is 7.36. The van der Waals surface area contributed by atoms with E-state index in [2.05, 4.69) is 9.88 Å². The normalized spacial score (nSPS) is 16.4. The van der Waals surface area contributed by atoms with Crippen molar-refractivity contribution in [3.8, 4) is 0 Å². The van der Waals surface area contributed by atoms with Gasteiger partial charge >= 0.3 is 0 Å². The van der Waals surface area contributed by atoms with Crippen LogP contribution in [0.2, 0.25) is 0 Å². The lowest BCUT2D eigenvalue weighted by molar-refractivity contribution is 0.343. The summed E-state index contributed by atoms with van der Waals surface area (Å²) in [5, 5.41) is 0. The Morgan fingerprint density at radius 3 is 2.53 bits per heavy atom. The molecule has 80 valence electrons. The molecular formula is C12H16N2S. The molecule has 0 N–H and O–H groups in total. The summed E-state index contributed by atoms with van der Waals surface area (Å²) in [6.45, 7) is 2.29. The minimum absolute atomic E-state index is 0.887. The highest BCUT2D eigenvalue weighted by Crippen LogP contribution is 2.11. The number of thiocarbonyl (C=S) groups is 1. The molecule has 0 radical (unpaired) electrons. The van der Waals surface area contributed by atoms with Gasteiger partial charge in [0.05, 0.1) is 4.99 Å². The number of piperidine rings is 1. The molecule has 0 aliphatic carbocycles. The fraction of sp³-hybridized carbons (Fsp3) is 0.500. The van der Waals surface area contributed by atoms with Gasteiger partial charge in [0, 0.05) is 31.9 Å². The Morgan fingerprint density at radius 2 is 1.87 bits per heavy atom. The molecule has 2 heterocycles. The fourth-order valence-electron chi connectivity index (χ4n) is 1.93. The standard InChI is InChI=1S/C12H16N2S/c15-12(14-8-2-1-3-9-14)10-11-4-6-13-7-5-11/h4-7H,1-3,8-10H2. The van der Waals surface area contributed by atoms with E-state index in [4.69, 9.17) is 12.2 Å². The van der Waals surface area contributed by atoms with Crippen molar-refractivity contribution < 1.29 is 0 Å². The maximum absolute atomic E-state index is 5.46. The van der Waals surface area contributed by atoms with Gasteiger partial charge in [-0.25, -0.2) is 0 Å². The lowest BCUT2D eigenvalue weighted by Crippen LogP contribution is -2.35. The second kappa shape index (κ2) is 5.21. The first-order valence-electron chi connectivity index (χ1n) is 5.53. The summed E-state index contributed by atoms with van der Waals surface area (Å²) >= 11 is 5.46. The van der Waals surface area contributed by atoms with Crippen molar-refractivity contribution >= 4 is 17.2 Å². The van der Waals surface area contributed by atoms with Crippen molar-refractivity contribution in [3.05, 3.63) is 30.1 Å². The van der Waals surface area contributed by atoms with Gasteiger partial charge in [0.1, 0.15) is 0 Å². The van der Waals surface area contributed by atoms with Crippen LogP contribution in [0, 0.1) is 0 Å². The largest absolute Gasteiger partial charge is 0.366 e. The van der Waals surface area contributed by atoms with E-state index < -0.39 is 0 Å². The van der Waals surface area contributed by atoms with E-state index in [9.17, 15) is 0 Å². The highest BCUT2D eigenvalue weighted by Gasteiger charge is 2.13. The average molecular weight is 220 g/mol. The summed E-state index contributed by atoms with van der Waals surface area (Å²) in [6, 6.07) is 4.08. The van der Waals surface area contributed by atoms with Crippen molar-refractivity contribution in [2.45, 2.75) is 25.7 Å². The molecule has 1 aromatic heterocycles. The highest BCUT2D eigenvalue weighted by molar-refractivity contribution is 7.80. The number of hydrogen-bond acceptors (Lipinski definition) is 2. The number of likely N-dealkylation sites (tertiary alicyclic amines) is 1. The van der Waals surface area contributed by atoms with Gasteiger partial charge in [0.15, 0.2) is 0 Å². The van der Waals surface area contributed by atoms with Gasteiger partial charge < -0.3 is 4.90 Å². The Bertz CT molecular complexity index is 318. The van der Waals surface area contributed by atoms with Crippen molar-refractivity contribution in [1.29, 1.82) is 0 Å². The van der Waals surface area contributed by atoms with Gasteiger partial charge in [-0.3, -0.25) is 4.98 Å². The molecule has 2 nitrogen and oxygen atoms in total. The first-order valence-corrected chi connectivity index (χ1v) is 5.94. The zero-order chi connectivity index (χ0) is 10.5. The first kappa shape index (κ1) is 10.6. The summed E-state index contributed by atoms with van der Waals surface area (Å²) in [5.74, 6) is 0. The molecule has 2 rings (SSSR count). The third kappa shape index (κ3) is 2.99. The van der Waals surface area contributed by atoms with Crippen LogP contribution in [0.4, 0.5) is 0 Å². The zero-order valence-corrected chi connectivity index (χ0v) is 9.67. The Morgan fingerprint density at radius 1 is 1.20 bits per heavy atom. The molecule has 1 aliphatic rings. The molecule has 3 heteroatoms. The maximum Gasteiger partial charge on any atom is 0.0823 e. The van der Waals surface area contributed by atoms with Crippen LogP contribution >= 0.6 is 12.2 Å². The molecule has 0 spiro atoms. The van der Waals surface area contributed by atoms with Crippen molar-refractivity contribution in [2.75, 3.05) is 13.1 Å². The van der Waals surface area contributed by atoms with Gasteiger partial charge in [-0.15, -0.1) is 0 Å². The molecule has 1 aliphatic heterocycles. The van der Waals surface area contributed by atoms with Gasteiger partial charge in [-0.2, -0.15) is 0 Å². The summed E-state index contributed by atoms with van der Waals surface area (Å²) in [4.78, 5) is 7.44. The summed E-state index contributed by atoms with van der Waals surface area (Å²) in [5.41, 5.74) is 1.26. The molecule has 0 amide bonds. The Hall–Kier alpha value is -0.960. The van der Waals surface area contributed by atoms with E-state index in [1.807, 2.05) is 24.5 Å².